The fourth-order valence-corrected chi connectivity index (χ4v) is 3.73. The van der Waals surface area contributed by atoms with E-state index in [4.69, 9.17) is 4.74 Å². The maximum atomic E-state index is 13.3. The zero-order valence-corrected chi connectivity index (χ0v) is 16.5. The molecule has 0 aliphatic carbocycles. The number of likely N-dealkylation sites (N-methyl/N-ethyl adjacent to an activating group) is 1. The van der Waals surface area contributed by atoms with Crippen LogP contribution in [-0.4, -0.2) is 42.0 Å². The Labute approximate surface area is 172 Å². The van der Waals surface area contributed by atoms with Gasteiger partial charge < -0.3 is 15.0 Å². The van der Waals surface area contributed by atoms with Crippen molar-refractivity contribution >= 4 is 23.3 Å². The van der Waals surface area contributed by atoms with Gasteiger partial charge in [0.25, 0.3) is 11.6 Å². The van der Waals surface area contributed by atoms with Crippen molar-refractivity contribution in [2.75, 3.05) is 25.1 Å². The lowest BCUT2D eigenvalue weighted by Crippen LogP contribution is -2.45. The van der Waals surface area contributed by atoms with Crippen LogP contribution in [0.4, 0.5) is 16.2 Å². The second-order valence-electron chi connectivity index (χ2n) is 6.97. The molecule has 1 N–H and O–H groups in total. The summed E-state index contributed by atoms with van der Waals surface area (Å²) < 4.78 is 5.45. The van der Waals surface area contributed by atoms with Gasteiger partial charge in [0, 0.05) is 24.9 Å². The number of nitrogens with zero attached hydrogens (tertiary/aromatic N) is 3. The molecule has 0 radical (unpaired) electrons. The number of amides is 3. The first kappa shape index (κ1) is 19.4. The maximum Gasteiger partial charge on any atom is 0.322 e. The van der Waals surface area contributed by atoms with Crippen LogP contribution in [0.3, 0.4) is 0 Å². The summed E-state index contributed by atoms with van der Waals surface area (Å²) in [4.78, 5) is 39.5. The number of carbonyl (C=O) groups is 2. The molecule has 1 unspecified atom stereocenters. The SMILES string of the molecule is CCOc1ccc(N2CC3=C(C2=O)C(c2cccc([N+](=O)[O-])c2)NC(=O)N3C)cc1. The minimum atomic E-state index is -0.760. The average molecular weight is 408 g/mol. The number of nitrogens with one attached hydrogen (secondary N) is 1. The molecule has 9 heteroatoms. The average Bonchev–Trinajstić information content (AvgIpc) is 3.09. The van der Waals surface area contributed by atoms with E-state index >= 15 is 0 Å². The van der Waals surface area contributed by atoms with Gasteiger partial charge in [-0.15, -0.1) is 0 Å². The molecule has 2 aliphatic heterocycles. The van der Waals surface area contributed by atoms with E-state index in [1.807, 2.05) is 6.92 Å². The minimum absolute atomic E-state index is 0.100. The number of hydrogen-bond acceptors (Lipinski definition) is 5. The second kappa shape index (κ2) is 7.51. The van der Waals surface area contributed by atoms with E-state index in [-0.39, 0.29) is 24.2 Å². The standard InChI is InChI=1S/C21H20N4O5/c1-3-30-16-9-7-14(8-10-16)24-12-17-18(20(24)26)19(22-21(27)23(17)2)13-5-4-6-15(11-13)25(28)29/h4-11,19H,3,12H2,1-2H3,(H,22,27). The van der Waals surface area contributed by atoms with Gasteiger partial charge >= 0.3 is 6.03 Å². The molecular formula is C21H20N4O5. The third-order valence-corrected chi connectivity index (χ3v) is 5.23. The molecule has 0 aromatic heterocycles. The Morgan fingerprint density at radius 3 is 2.60 bits per heavy atom. The number of non-ortho nitro benzene ring substituents is 1. The predicted molar refractivity (Wildman–Crippen MR) is 109 cm³/mol. The van der Waals surface area contributed by atoms with Crippen LogP contribution in [0.1, 0.15) is 18.5 Å². The third kappa shape index (κ3) is 3.24. The number of benzene rings is 2. The maximum absolute atomic E-state index is 13.3. The van der Waals surface area contributed by atoms with Crippen LogP contribution in [0.15, 0.2) is 59.8 Å². The second-order valence-corrected chi connectivity index (χ2v) is 6.97. The lowest BCUT2D eigenvalue weighted by Gasteiger charge is -2.30. The Kier molecular flexibility index (Phi) is 4.86. The van der Waals surface area contributed by atoms with Crippen LogP contribution >= 0.6 is 0 Å². The molecule has 154 valence electrons. The quantitative estimate of drug-likeness (QED) is 0.605. The fourth-order valence-electron chi connectivity index (χ4n) is 3.73. The van der Waals surface area contributed by atoms with E-state index in [0.29, 0.717) is 34.9 Å². The zero-order valence-electron chi connectivity index (χ0n) is 16.5. The van der Waals surface area contributed by atoms with Gasteiger partial charge in [-0.3, -0.25) is 19.8 Å². The molecule has 0 bridgehead atoms. The van der Waals surface area contributed by atoms with E-state index in [2.05, 4.69) is 5.32 Å². The normalized spacial score (nSPS) is 18.4. The van der Waals surface area contributed by atoms with E-state index in [9.17, 15) is 19.7 Å². The van der Waals surface area contributed by atoms with Gasteiger partial charge in [-0.1, -0.05) is 12.1 Å². The Balaban J connectivity index is 1.70. The first-order valence-corrected chi connectivity index (χ1v) is 9.47. The van der Waals surface area contributed by atoms with Gasteiger partial charge in [0.1, 0.15) is 5.75 Å². The highest BCUT2D eigenvalue weighted by molar-refractivity contribution is 6.11. The molecule has 30 heavy (non-hydrogen) atoms. The van der Waals surface area contributed by atoms with Gasteiger partial charge in [0.15, 0.2) is 0 Å². The molecule has 0 fully saturated rings. The first-order chi connectivity index (χ1) is 14.4. The summed E-state index contributed by atoms with van der Waals surface area (Å²) in [6.07, 6.45) is 0. The minimum Gasteiger partial charge on any atom is -0.494 e. The highest BCUT2D eigenvalue weighted by Crippen LogP contribution is 2.38. The smallest absolute Gasteiger partial charge is 0.322 e. The number of ether oxygens (including phenoxy) is 1. The molecule has 2 aromatic carbocycles. The van der Waals surface area contributed by atoms with Crippen LogP contribution in [0.2, 0.25) is 0 Å². The monoisotopic (exact) mass is 408 g/mol. The molecule has 1 atom stereocenters. The van der Waals surface area contributed by atoms with Crippen molar-refractivity contribution in [3.05, 3.63) is 75.5 Å². The summed E-state index contributed by atoms with van der Waals surface area (Å²) in [6.45, 7) is 2.67. The number of urea groups is 1. The van der Waals surface area contributed by atoms with Gasteiger partial charge in [-0.05, 0) is 36.8 Å². The molecule has 0 saturated carbocycles. The van der Waals surface area contributed by atoms with Crippen molar-refractivity contribution < 1.29 is 19.2 Å². The summed E-state index contributed by atoms with van der Waals surface area (Å²) in [6, 6.07) is 12.0. The van der Waals surface area contributed by atoms with Crippen LogP contribution in [0.25, 0.3) is 0 Å². The zero-order chi connectivity index (χ0) is 21.4. The molecule has 9 nitrogen and oxygen atoms in total. The number of hydrogen-bond donors (Lipinski definition) is 1. The van der Waals surface area contributed by atoms with Crippen molar-refractivity contribution in [2.45, 2.75) is 13.0 Å². The molecule has 2 aliphatic rings. The topological polar surface area (TPSA) is 105 Å². The van der Waals surface area contributed by atoms with Gasteiger partial charge in [-0.2, -0.15) is 0 Å². The van der Waals surface area contributed by atoms with Gasteiger partial charge in [0.2, 0.25) is 0 Å². The van der Waals surface area contributed by atoms with Crippen LogP contribution in [-0.2, 0) is 4.79 Å². The number of nitro benzene ring substituents is 1. The number of rotatable bonds is 5. The van der Waals surface area contributed by atoms with Crippen LogP contribution in [0, 0.1) is 10.1 Å². The van der Waals surface area contributed by atoms with Crippen molar-refractivity contribution in [1.82, 2.24) is 10.2 Å². The van der Waals surface area contributed by atoms with Crippen molar-refractivity contribution in [3.8, 4) is 5.75 Å². The number of nitro groups is 1. The number of carbonyl (C=O) groups excluding carboxylic acids is 2. The summed E-state index contributed by atoms with van der Waals surface area (Å²) in [5, 5.41) is 14.0. The Hall–Kier alpha value is -3.88. The fraction of sp³-hybridized carbons (Fsp3) is 0.238. The lowest BCUT2D eigenvalue weighted by molar-refractivity contribution is -0.384. The largest absolute Gasteiger partial charge is 0.494 e. The summed E-state index contributed by atoms with van der Waals surface area (Å²) in [5.41, 5.74) is 2.05. The van der Waals surface area contributed by atoms with E-state index in [1.54, 1.807) is 48.3 Å². The molecule has 2 aromatic rings. The molecule has 4 rings (SSSR count). The highest BCUT2D eigenvalue weighted by atomic mass is 16.6. The Morgan fingerprint density at radius 2 is 1.93 bits per heavy atom. The lowest BCUT2D eigenvalue weighted by atomic mass is 9.95. The summed E-state index contributed by atoms with van der Waals surface area (Å²) >= 11 is 0. The van der Waals surface area contributed by atoms with Crippen molar-refractivity contribution in [1.29, 1.82) is 0 Å². The molecule has 2 heterocycles. The molecule has 3 amide bonds. The van der Waals surface area contributed by atoms with Gasteiger partial charge in [-0.25, -0.2) is 4.79 Å². The Bertz CT molecular complexity index is 1060. The van der Waals surface area contributed by atoms with E-state index in [1.165, 1.54) is 17.0 Å². The summed E-state index contributed by atoms with van der Waals surface area (Å²) in [5.74, 6) is 0.451. The first-order valence-electron chi connectivity index (χ1n) is 9.47. The molecular weight excluding hydrogens is 388 g/mol. The molecule has 0 spiro atoms. The Morgan fingerprint density at radius 1 is 1.20 bits per heavy atom. The van der Waals surface area contributed by atoms with Crippen molar-refractivity contribution in [3.63, 3.8) is 0 Å². The predicted octanol–water partition coefficient (Wildman–Crippen LogP) is 2.99. The molecule has 0 saturated heterocycles. The van der Waals surface area contributed by atoms with Crippen molar-refractivity contribution in [2.24, 2.45) is 0 Å². The van der Waals surface area contributed by atoms with Crippen LogP contribution in [0.5, 0.6) is 5.75 Å². The third-order valence-electron chi connectivity index (χ3n) is 5.23. The highest BCUT2D eigenvalue weighted by Gasteiger charge is 2.43. The van der Waals surface area contributed by atoms with Gasteiger partial charge in [0.05, 0.1) is 35.4 Å². The van der Waals surface area contributed by atoms with Crippen LogP contribution < -0.4 is 15.0 Å². The number of anilines is 1. The summed E-state index contributed by atoms with van der Waals surface area (Å²) in [7, 11) is 1.60. The van der Waals surface area contributed by atoms with E-state index < -0.39 is 11.0 Å². The van der Waals surface area contributed by atoms with E-state index in [0.717, 1.165) is 0 Å².